The number of nitrogens with one attached hydrogen (secondary N) is 1. The molecular formula is C15H18ClNS. The zero-order valence-corrected chi connectivity index (χ0v) is 12.7. The number of rotatable bonds is 3. The van der Waals surface area contributed by atoms with Crippen LogP contribution in [0.5, 0.6) is 0 Å². The van der Waals surface area contributed by atoms with Gasteiger partial charge >= 0.3 is 0 Å². The zero-order chi connectivity index (χ0) is 13.3. The SMILES string of the molecule is CNC(c1ccc(Cl)cc1C)c1sc(C)cc1C. The molecule has 1 unspecified atom stereocenters. The summed E-state index contributed by atoms with van der Waals surface area (Å²) in [7, 11) is 2.01. The van der Waals surface area contributed by atoms with E-state index in [2.05, 4.69) is 38.2 Å². The van der Waals surface area contributed by atoms with Crippen LogP contribution >= 0.6 is 22.9 Å². The van der Waals surface area contributed by atoms with E-state index in [0.29, 0.717) is 0 Å². The number of thiophene rings is 1. The van der Waals surface area contributed by atoms with Crippen LogP contribution in [0, 0.1) is 20.8 Å². The molecule has 0 aliphatic rings. The highest BCUT2D eigenvalue weighted by molar-refractivity contribution is 7.12. The van der Waals surface area contributed by atoms with Crippen LogP contribution in [0.25, 0.3) is 0 Å². The molecule has 2 rings (SSSR count). The van der Waals surface area contributed by atoms with E-state index in [-0.39, 0.29) is 6.04 Å². The van der Waals surface area contributed by atoms with Gasteiger partial charge in [0.15, 0.2) is 0 Å². The maximum Gasteiger partial charge on any atom is 0.0673 e. The Morgan fingerprint density at radius 2 is 1.83 bits per heavy atom. The molecule has 96 valence electrons. The van der Waals surface area contributed by atoms with Crippen LogP contribution in [-0.2, 0) is 0 Å². The fourth-order valence-corrected chi connectivity index (χ4v) is 3.73. The quantitative estimate of drug-likeness (QED) is 0.863. The second-order valence-corrected chi connectivity index (χ2v) is 6.35. The molecule has 0 saturated heterocycles. The molecule has 1 N–H and O–H groups in total. The third-order valence-electron chi connectivity index (χ3n) is 3.17. The van der Waals surface area contributed by atoms with Crippen LogP contribution in [0.3, 0.4) is 0 Å². The van der Waals surface area contributed by atoms with Crippen LogP contribution in [0.2, 0.25) is 5.02 Å². The van der Waals surface area contributed by atoms with Crippen LogP contribution in [0.1, 0.15) is 32.5 Å². The number of halogens is 1. The van der Waals surface area contributed by atoms with Gasteiger partial charge in [-0.15, -0.1) is 11.3 Å². The van der Waals surface area contributed by atoms with Crippen LogP contribution in [0.15, 0.2) is 24.3 Å². The van der Waals surface area contributed by atoms with E-state index >= 15 is 0 Å². The Kier molecular flexibility index (Phi) is 4.10. The van der Waals surface area contributed by atoms with E-state index in [0.717, 1.165) is 5.02 Å². The second kappa shape index (κ2) is 5.43. The highest BCUT2D eigenvalue weighted by atomic mass is 35.5. The fourth-order valence-electron chi connectivity index (χ4n) is 2.34. The van der Waals surface area contributed by atoms with E-state index in [1.54, 1.807) is 0 Å². The lowest BCUT2D eigenvalue weighted by atomic mass is 9.98. The van der Waals surface area contributed by atoms with Gasteiger partial charge in [-0.05, 0) is 62.7 Å². The van der Waals surface area contributed by atoms with Gasteiger partial charge in [0.05, 0.1) is 6.04 Å². The van der Waals surface area contributed by atoms with Crippen molar-refractivity contribution >= 4 is 22.9 Å². The summed E-state index contributed by atoms with van der Waals surface area (Å²) < 4.78 is 0. The van der Waals surface area contributed by atoms with E-state index in [9.17, 15) is 0 Å². The van der Waals surface area contributed by atoms with Gasteiger partial charge in [0, 0.05) is 14.8 Å². The first-order valence-electron chi connectivity index (χ1n) is 6.03. The molecule has 0 saturated carbocycles. The third-order valence-corrected chi connectivity index (χ3v) is 4.63. The monoisotopic (exact) mass is 279 g/mol. The molecule has 0 bridgehead atoms. The van der Waals surface area contributed by atoms with Crippen molar-refractivity contribution in [2.75, 3.05) is 7.05 Å². The molecule has 0 aliphatic carbocycles. The molecular weight excluding hydrogens is 262 g/mol. The predicted octanol–water partition coefficient (Wildman–Crippen LogP) is 4.64. The zero-order valence-electron chi connectivity index (χ0n) is 11.2. The molecule has 1 aromatic carbocycles. The second-order valence-electron chi connectivity index (χ2n) is 4.63. The Hall–Kier alpha value is -0.830. The topological polar surface area (TPSA) is 12.0 Å². The molecule has 0 amide bonds. The third kappa shape index (κ3) is 2.61. The molecule has 0 spiro atoms. The van der Waals surface area contributed by atoms with Crippen molar-refractivity contribution < 1.29 is 0 Å². The van der Waals surface area contributed by atoms with Crippen molar-refractivity contribution in [2.45, 2.75) is 26.8 Å². The van der Waals surface area contributed by atoms with Gasteiger partial charge in [0.1, 0.15) is 0 Å². The van der Waals surface area contributed by atoms with E-state index < -0.39 is 0 Å². The van der Waals surface area contributed by atoms with Crippen LogP contribution in [-0.4, -0.2) is 7.05 Å². The van der Waals surface area contributed by atoms with Gasteiger partial charge in [-0.25, -0.2) is 0 Å². The Morgan fingerprint density at radius 3 is 2.33 bits per heavy atom. The highest BCUT2D eigenvalue weighted by Crippen LogP contribution is 2.33. The smallest absolute Gasteiger partial charge is 0.0673 e. The summed E-state index contributed by atoms with van der Waals surface area (Å²) in [6.45, 7) is 6.44. The fraction of sp³-hybridized carbons (Fsp3) is 0.333. The summed E-state index contributed by atoms with van der Waals surface area (Å²) in [6, 6.07) is 8.60. The van der Waals surface area contributed by atoms with Gasteiger partial charge in [0.25, 0.3) is 0 Å². The lowest BCUT2D eigenvalue weighted by molar-refractivity contribution is 0.696. The summed E-state index contributed by atoms with van der Waals surface area (Å²) in [5, 5.41) is 4.21. The van der Waals surface area contributed by atoms with Crippen molar-refractivity contribution in [1.29, 1.82) is 0 Å². The van der Waals surface area contributed by atoms with Gasteiger partial charge in [0.2, 0.25) is 0 Å². The Labute approximate surface area is 118 Å². The van der Waals surface area contributed by atoms with Crippen LogP contribution in [0.4, 0.5) is 0 Å². The molecule has 18 heavy (non-hydrogen) atoms. The van der Waals surface area contributed by atoms with E-state index in [4.69, 9.17) is 11.6 Å². The standard InChI is InChI=1S/C15H18ClNS/c1-9-8-12(16)5-6-13(9)14(17-4)15-10(2)7-11(3)18-15/h5-8,14,17H,1-4H3. The van der Waals surface area contributed by atoms with Crippen molar-refractivity contribution in [3.05, 3.63) is 55.7 Å². The minimum Gasteiger partial charge on any atom is -0.309 e. The van der Waals surface area contributed by atoms with E-state index in [1.807, 2.05) is 30.5 Å². The minimum atomic E-state index is 0.251. The van der Waals surface area contributed by atoms with Gasteiger partial charge in [-0.2, -0.15) is 0 Å². The summed E-state index contributed by atoms with van der Waals surface area (Å²) in [6.07, 6.45) is 0. The van der Waals surface area contributed by atoms with Crippen molar-refractivity contribution in [2.24, 2.45) is 0 Å². The molecule has 1 heterocycles. The summed E-state index contributed by atoms with van der Waals surface area (Å²) >= 11 is 7.89. The average molecular weight is 280 g/mol. The van der Waals surface area contributed by atoms with E-state index in [1.165, 1.54) is 26.4 Å². The largest absolute Gasteiger partial charge is 0.309 e. The molecule has 1 aromatic heterocycles. The van der Waals surface area contributed by atoms with Crippen molar-refractivity contribution in [1.82, 2.24) is 5.32 Å². The van der Waals surface area contributed by atoms with Crippen molar-refractivity contribution in [3.63, 3.8) is 0 Å². The van der Waals surface area contributed by atoms with Gasteiger partial charge in [-0.3, -0.25) is 0 Å². The van der Waals surface area contributed by atoms with Gasteiger partial charge in [-0.1, -0.05) is 17.7 Å². The Balaban J connectivity index is 2.48. The molecule has 0 radical (unpaired) electrons. The first kappa shape index (κ1) is 13.6. The van der Waals surface area contributed by atoms with Crippen molar-refractivity contribution in [3.8, 4) is 0 Å². The molecule has 0 aliphatic heterocycles. The molecule has 1 nitrogen and oxygen atoms in total. The number of hydrogen-bond acceptors (Lipinski definition) is 2. The number of hydrogen-bond donors (Lipinski definition) is 1. The lowest BCUT2D eigenvalue weighted by Crippen LogP contribution is -2.18. The first-order valence-corrected chi connectivity index (χ1v) is 7.22. The summed E-state index contributed by atoms with van der Waals surface area (Å²) in [5.41, 5.74) is 3.88. The molecule has 3 heteroatoms. The first-order chi connectivity index (χ1) is 8.52. The average Bonchev–Trinajstić information content (AvgIpc) is 2.62. The normalized spacial score (nSPS) is 12.7. The molecule has 1 atom stereocenters. The number of aryl methyl sites for hydroxylation is 3. The highest BCUT2D eigenvalue weighted by Gasteiger charge is 2.18. The Bertz CT molecular complexity index is 560. The van der Waals surface area contributed by atoms with Gasteiger partial charge < -0.3 is 5.32 Å². The maximum atomic E-state index is 6.03. The lowest BCUT2D eigenvalue weighted by Gasteiger charge is -2.19. The summed E-state index contributed by atoms with van der Waals surface area (Å²) in [5.74, 6) is 0. The minimum absolute atomic E-state index is 0.251. The molecule has 2 aromatic rings. The summed E-state index contributed by atoms with van der Waals surface area (Å²) in [4.78, 5) is 2.75. The number of benzene rings is 1. The van der Waals surface area contributed by atoms with Crippen LogP contribution < -0.4 is 5.32 Å². The predicted molar refractivity (Wildman–Crippen MR) is 80.9 cm³/mol. The molecule has 0 fully saturated rings. The Morgan fingerprint density at radius 1 is 1.11 bits per heavy atom. The maximum absolute atomic E-state index is 6.03.